The highest BCUT2D eigenvalue weighted by molar-refractivity contribution is 5.36. The molecule has 0 saturated carbocycles. The van der Waals surface area contributed by atoms with Crippen LogP contribution in [-0.2, 0) is 6.54 Å². The van der Waals surface area contributed by atoms with Crippen molar-refractivity contribution in [2.24, 2.45) is 5.92 Å². The van der Waals surface area contributed by atoms with Gasteiger partial charge in [-0.05, 0) is 19.0 Å². The summed E-state index contributed by atoms with van der Waals surface area (Å²) in [5.41, 5.74) is 1.02. The van der Waals surface area contributed by atoms with Crippen molar-refractivity contribution in [3.05, 3.63) is 18.1 Å². The Labute approximate surface area is 122 Å². The normalized spacial score (nSPS) is 16.9. The Morgan fingerprint density at radius 1 is 1.15 bits per heavy atom. The maximum absolute atomic E-state index is 4.56. The molecule has 2 heterocycles. The molecule has 1 saturated heterocycles. The van der Waals surface area contributed by atoms with Gasteiger partial charge in [0.05, 0.1) is 18.1 Å². The van der Waals surface area contributed by atoms with E-state index in [1.165, 1.54) is 0 Å². The van der Waals surface area contributed by atoms with Gasteiger partial charge in [-0.15, -0.1) is 0 Å². The summed E-state index contributed by atoms with van der Waals surface area (Å²) in [4.78, 5) is 13.9. The molecule has 0 atom stereocenters. The molecule has 5 heteroatoms. The second-order valence-corrected chi connectivity index (χ2v) is 5.81. The summed E-state index contributed by atoms with van der Waals surface area (Å²) in [5.74, 6) is 1.67. The third kappa shape index (κ3) is 4.42. The number of anilines is 1. The van der Waals surface area contributed by atoms with Gasteiger partial charge in [0.2, 0.25) is 0 Å². The zero-order valence-corrected chi connectivity index (χ0v) is 13.0. The van der Waals surface area contributed by atoms with Crippen LogP contribution in [0, 0.1) is 5.92 Å². The number of hydrogen-bond acceptors (Lipinski definition) is 5. The smallest absolute Gasteiger partial charge is 0.147 e. The topological polar surface area (TPSA) is 44.3 Å². The predicted octanol–water partition coefficient (Wildman–Crippen LogP) is 1.36. The Hall–Kier alpha value is -1.20. The molecule has 1 aromatic heterocycles. The van der Waals surface area contributed by atoms with Crippen LogP contribution in [0.15, 0.2) is 12.4 Å². The van der Waals surface area contributed by atoms with Crippen LogP contribution in [0.4, 0.5) is 5.82 Å². The van der Waals surface area contributed by atoms with Gasteiger partial charge < -0.3 is 15.1 Å². The molecule has 1 aliphatic heterocycles. The van der Waals surface area contributed by atoms with Gasteiger partial charge in [-0.2, -0.15) is 0 Å². The van der Waals surface area contributed by atoms with Crippen LogP contribution in [0.2, 0.25) is 0 Å². The minimum Gasteiger partial charge on any atom is -0.353 e. The summed E-state index contributed by atoms with van der Waals surface area (Å²) in [6, 6.07) is 0. The number of aromatic nitrogens is 2. The van der Waals surface area contributed by atoms with Gasteiger partial charge in [-0.3, -0.25) is 4.98 Å². The number of likely N-dealkylation sites (N-methyl/N-ethyl adjacent to an activating group) is 1. The van der Waals surface area contributed by atoms with E-state index in [1.807, 2.05) is 12.4 Å². The van der Waals surface area contributed by atoms with Gasteiger partial charge in [0.15, 0.2) is 0 Å². The van der Waals surface area contributed by atoms with E-state index in [0.717, 1.165) is 57.3 Å². The first-order valence-corrected chi connectivity index (χ1v) is 7.68. The molecular weight excluding hydrogens is 250 g/mol. The molecule has 0 spiro atoms. The quantitative estimate of drug-likeness (QED) is 0.850. The molecule has 0 aromatic carbocycles. The fraction of sp³-hybridized carbons (Fsp3) is 0.733. The van der Waals surface area contributed by atoms with Crippen LogP contribution in [0.1, 0.15) is 26.5 Å². The third-order valence-corrected chi connectivity index (χ3v) is 3.69. The van der Waals surface area contributed by atoms with Gasteiger partial charge in [0.25, 0.3) is 0 Å². The molecule has 0 radical (unpaired) electrons. The van der Waals surface area contributed by atoms with Crippen molar-refractivity contribution in [3.63, 3.8) is 0 Å². The number of piperazine rings is 1. The van der Waals surface area contributed by atoms with E-state index in [4.69, 9.17) is 0 Å². The fourth-order valence-electron chi connectivity index (χ4n) is 2.38. The molecule has 1 fully saturated rings. The summed E-state index contributed by atoms with van der Waals surface area (Å²) >= 11 is 0. The van der Waals surface area contributed by atoms with Gasteiger partial charge >= 0.3 is 0 Å². The van der Waals surface area contributed by atoms with Gasteiger partial charge in [0, 0.05) is 32.7 Å². The van der Waals surface area contributed by atoms with Gasteiger partial charge in [0.1, 0.15) is 5.82 Å². The highest BCUT2D eigenvalue weighted by atomic mass is 15.3. The molecule has 1 aromatic rings. The maximum atomic E-state index is 4.56. The van der Waals surface area contributed by atoms with E-state index < -0.39 is 0 Å². The maximum Gasteiger partial charge on any atom is 0.147 e. The zero-order chi connectivity index (χ0) is 14.4. The molecule has 20 heavy (non-hydrogen) atoms. The third-order valence-electron chi connectivity index (χ3n) is 3.69. The largest absolute Gasteiger partial charge is 0.353 e. The molecule has 0 bridgehead atoms. The number of nitrogens with one attached hydrogen (secondary N) is 1. The van der Waals surface area contributed by atoms with Gasteiger partial charge in [-0.1, -0.05) is 20.8 Å². The van der Waals surface area contributed by atoms with Crippen molar-refractivity contribution in [2.45, 2.75) is 27.3 Å². The SMILES string of the molecule is CCN1CCN(c2cnc(CNCC(C)C)cn2)CC1. The van der Waals surface area contributed by atoms with Crippen LogP contribution in [0.25, 0.3) is 0 Å². The summed E-state index contributed by atoms with van der Waals surface area (Å²) in [6.45, 7) is 13.9. The number of rotatable bonds is 6. The van der Waals surface area contributed by atoms with Crippen molar-refractivity contribution >= 4 is 5.82 Å². The van der Waals surface area contributed by atoms with Crippen LogP contribution in [0.5, 0.6) is 0 Å². The van der Waals surface area contributed by atoms with Crippen molar-refractivity contribution in [1.82, 2.24) is 20.2 Å². The Morgan fingerprint density at radius 2 is 1.90 bits per heavy atom. The molecule has 1 aliphatic rings. The zero-order valence-electron chi connectivity index (χ0n) is 13.0. The van der Waals surface area contributed by atoms with Crippen molar-refractivity contribution in [3.8, 4) is 0 Å². The molecule has 1 N–H and O–H groups in total. The van der Waals surface area contributed by atoms with E-state index in [0.29, 0.717) is 5.92 Å². The average Bonchev–Trinajstić information content (AvgIpc) is 2.48. The monoisotopic (exact) mass is 277 g/mol. The summed E-state index contributed by atoms with van der Waals surface area (Å²) in [6.07, 6.45) is 3.81. The first-order valence-electron chi connectivity index (χ1n) is 7.68. The lowest BCUT2D eigenvalue weighted by atomic mass is 10.2. The first kappa shape index (κ1) is 15.2. The predicted molar refractivity (Wildman–Crippen MR) is 82.9 cm³/mol. The second kappa shape index (κ2) is 7.55. The number of nitrogens with zero attached hydrogens (tertiary/aromatic N) is 4. The van der Waals surface area contributed by atoms with E-state index in [-0.39, 0.29) is 0 Å². The van der Waals surface area contributed by atoms with Crippen LogP contribution < -0.4 is 10.2 Å². The average molecular weight is 277 g/mol. The standard InChI is InChI=1S/C15H27N5/c1-4-19-5-7-20(8-6-19)15-12-17-14(11-18-15)10-16-9-13(2)3/h11-13,16H,4-10H2,1-3H3. The molecule has 0 aliphatic carbocycles. The minimum atomic E-state index is 0.664. The van der Waals surface area contributed by atoms with Crippen molar-refractivity contribution in [2.75, 3.05) is 44.2 Å². The summed E-state index contributed by atoms with van der Waals surface area (Å²) in [7, 11) is 0. The Bertz CT molecular complexity index is 382. The molecule has 5 nitrogen and oxygen atoms in total. The van der Waals surface area contributed by atoms with Gasteiger partial charge in [-0.25, -0.2) is 4.98 Å². The molecular formula is C15H27N5. The molecule has 112 valence electrons. The molecule has 0 unspecified atom stereocenters. The lowest BCUT2D eigenvalue weighted by Gasteiger charge is -2.34. The highest BCUT2D eigenvalue weighted by Crippen LogP contribution is 2.12. The second-order valence-electron chi connectivity index (χ2n) is 5.81. The Balaban J connectivity index is 1.82. The first-order chi connectivity index (χ1) is 9.69. The Morgan fingerprint density at radius 3 is 2.45 bits per heavy atom. The van der Waals surface area contributed by atoms with Crippen molar-refractivity contribution in [1.29, 1.82) is 0 Å². The number of hydrogen-bond donors (Lipinski definition) is 1. The van der Waals surface area contributed by atoms with E-state index in [2.05, 4.69) is 45.9 Å². The van der Waals surface area contributed by atoms with E-state index in [9.17, 15) is 0 Å². The molecule has 0 amide bonds. The van der Waals surface area contributed by atoms with Crippen LogP contribution >= 0.6 is 0 Å². The van der Waals surface area contributed by atoms with E-state index in [1.54, 1.807) is 0 Å². The Kier molecular flexibility index (Phi) is 5.73. The molecule has 2 rings (SSSR count). The highest BCUT2D eigenvalue weighted by Gasteiger charge is 2.16. The van der Waals surface area contributed by atoms with Crippen LogP contribution in [-0.4, -0.2) is 54.1 Å². The van der Waals surface area contributed by atoms with Crippen LogP contribution in [0.3, 0.4) is 0 Å². The fourth-order valence-corrected chi connectivity index (χ4v) is 2.38. The lowest BCUT2D eigenvalue weighted by molar-refractivity contribution is 0.270. The summed E-state index contributed by atoms with van der Waals surface area (Å²) in [5, 5.41) is 3.39. The van der Waals surface area contributed by atoms with E-state index >= 15 is 0 Å². The minimum absolute atomic E-state index is 0.664. The van der Waals surface area contributed by atoms with Crippen molar-refractivity contribution < 1.29 is 0 Å². The lowest BCUT2D eigenvalue weighted by Crippen LogP contribution is -2.46. The summed E-state index contributed by atoms with van der Waals surface area (Å²) < 4.78 is 0.